The lowest BCUT2D eigenvalue weighted by atomic mass is 10.1. The van der Waals surface area contributed by atoms with E-state index in [1.165, 1.54) is 29.9 Å². The molecule has 3 rings (SSSR count). The summed E-state index contributed by atoms with van der Waals surface area (Å²) in [5.41, 5.74) is 12.3. The van der Waals surface area contributed by atoms with Gasteiger partial charge in [0.05, 0.1) is 11.0 Å². The van der Waals surface area contributed by atoms with E-state index in [0.717, 1.165) is 12.1 Å². The molecule has 0 unspecified atom stereocenters. The van der Waals surface area contributed by atoms with Crippen molar-refractivity contribution in [2.75, 3.05) is 5.32 Å². The fraction of sp³-hybridized carbons (Fsp3) is 0.0526. The van der Waals surface area contributed by atoms with Crippen LogP contribution in [-0.2, 0) is 7.05 Å². The summed E-state index contributed by atoms with van der Waals surface area (Å²) in [5.74, 6) is -1.55. The minimum Gasteiger partial charge on any atom is -0.404 e. The molecular formula is C19H17F2N5O. The number of pyridine rings is 2. The normalized spacial score (nSPS) is 12.8. The second-order valence-corrected chi connectivity index (χ2v) is 5.79. The standard InChI is InChI=1S/C19H17F2N5O/c1-26-18(17(23)14-3-2-12(20)9-15(14)21)11(10-22)8-16(19(26)27)25-13-4-6-24-7-5-13/h2-10H,22-23H2,1H3,(H,24,25)/b11-10-,18-17+. The van der Waals surface area contributed by atoms with E-state index in [4.69, 9.17) is 11.5 Å². The third-order valence-electron chi connectivity index (χ3n) is 4.06. The predicted octanol–water partition coefficient (Wildman–Crippen LogP) is 0.614. The van der Waals surface area contributed by atoms with Gasteiger partial charge in [-0.15, -0.1) is 0 Å². The number of nitrogens with two attached hydrogens (primary N) is 2. The van der Waals surface area contributed by atoms with Gasteiger partial charge in [-0.3, -0.25) is 9.78 Å². The fourth-order valence-corrected chi connectivity index (χ4v) is 2.74. The number of anilines is 2. The van der Waals surface area contributed by atoms with Crippen LogP contribution in [0.1, 0.15) is 5.56 Å². The zero-order chi connectivity index (χ0) is 19.6. The lowest BCUT2D eigenvalue weighted by Crippen LogP contribution is -2.45. The molecule has 27 heavy (non-hydrogen) atoms. The monoisotopic (exact) mass is 369 g/mol. The van der Waals surface area contributed by atoms with Crippen molar-refractivity contribution in [3.8, 4) is 0 Å². The summed E-state index contributed by atoms with van der Waals surface area (Å²) in [6, 6.07) is 7.96. The van der Waals surface area contributed by atoms with E-state index in [-0.39, 0.29) is 22.3 Å². The summed E-state index contributed by atoms with van der Waals surface area (Å²) in [6.45, 7) is 0. The van der Waals surface area contributed by atoms with Gasteiger partial charge in [0.2, 0.25) is 0 Å². The van der Waals surface area contributed by atoms with E-state index in [0.29, 0.717) is 10.9 Å². The Morgan fingerprint density at radius 1 is 1.19 bits per heavy atom. The molecule has 0 amide bonds. The Hall–Kier alpha value is -3.68. The maximum Gasteiger partial charge on any atom is 0.274 e. The SMILES string of the molecule is Cn1c(=O)c(Nc2ccncc2)cc(=C/N)/c1=C(\N)c1ccc(F)cc1F. The molecular weight excluding hydrogens is 352 g/mol. The Labute approximate surface area is 153 Å². The Balaban J connectivity index is 2.26. The number of nitrogens with one attached hydrogen (secondary N) is 1. The molecule has 2 aromatic heterocycles. The maximum atomic E-state index is 14.1. The Morgan fingerprint density at radius 3 is 2.52 bits per heavy atom. The number of aromatic nitrogens is 2. The minimum absolute atomic E-state index is 0.0238. The van der Waals surface area contributed by atoms with Crippen LogP contribution in [0.25, 0.3) is 11.9 Å². The van der Waals surface area contributed by atoms with Crippen molar-refractivity contribution in [1.82, 2.24) is 9.55 Å². The van der Waals surface area contributed by atoms with Crippen LogP contribution in [0.3, 0.4) is 0 Å². The Kier molecular flexibility index (Phi) is 4.89. The van der Waals surface area contributed by atoms with E-state index in [1.54, 1.807) is 24.5 Å². The lowest BCUT2D eigenvalue weighted by Gasteiger charge is -2.11. The number of halogens is 2. The molecule has 5 N–H and O–H groups in total. The number of hydrogen-bond donors (Lipinski definition) is 3. The van der Waals surface area contributed by atoms with Gasteiger partial charge in [-0.05, 0) is 30.3 Å². The van der Waals surface area contributed by atoms with Crippen molar-refractivity contribution in [3.05, 3.63) is 86.9 Å². The van der Waals surface area contributed by atoms with Crippen molar-refractivity contribution in [1.29, 1.82) is 0 Å². The molecule has 0 spiro atoms. The summed E-state index contributed by atoms with van der Waals surface area (Å²) in [5, 5.41) is 3.63. The average Bonchev–Trinajstić information content (AvgIpc) is 2.65. The minimum atomic E-state index is -0.832. The molecule has 1 aromatic carbocycles. The highest BCUT2D eigenvalue weighted by Crippen LogP contribution is 2.13. The van der Waals surface area contributed by atoms with Gasteiger partial charge in [-0.1, -0.05) is 0 Å². The van der Waals surface area contributed by atoms with Crippen LogP contribution in [0.15, 0.2) is 53.6 Å². The van der Waals surface area contributed by atoms with Crippen molar-refractivity contribution < 1.29 is 8.78 Å². The van der Waals surface area contributed by atoms with E-state index in [9.17, 15) is 13.6 Å². The van der Waals surface area contributed by atoms with Crippen LogP contribution in [0.4, 0.5) is 20.2 Å². The van der Waals surface area contributed by atoms with Gasteiger partial charge in [-0.2, -0.15) is 0 Å². The molecule has 0 atom stereocenters. The first-order valence-corrected chi connectivity index (χ1v) is 7.96. The second-order valence-electron chi connectivity index (χ2n) is 5.79. The van der Waals surface area contributed by atoms with Gasteiger partial charge in [-0.25, -0.2) is 8.78 Å². The Bertz CT molecular complexity index is 1170. The summed E-state index contributed by atoms with van der Waals surface area (Å²) in [6.07, 6.45) is 4.43. The fourth-order valence-electron chi connectivity index (χ4n) is 2.74. The number of hydrogen-bond acceptors (Lipinski definition) is 5. The van der Waals surface area contributed by atoms with E-state index >= 15 is 0 Å². The molecule has 0 aliphatic carbocycles. The van der Waals surface area contributed by atoms with Crippen molar-refractivity contribution in [2.24, 2.45) is 18.5 Å². The van der Waals surface area contributed by atoms with E-state index < -0.39 is 17.2 Å². The number of nitrogens with zero attached hydrogens (tertiary/aromatic N) is 2. The zero-order valence-electron chi connectivity index (χ0n) is 14.4. The summed E-state index contributed by atoms with van der Waals surface area (Å²) in [4.78, 5) is 16.7. The molecule has 0 saturated carbocycles. The summed E-state index contributed by atoms with van der Waals surface area (Å²) < 4.78 is 28.6. The molecule has 0 bridgehead atoms. The maximum absolute atomic E-state index is 14.1. The Morgan fingerprint density at radius 2 is 1.89 bits per heavy atom. The first-order valence-electron chi connectivity index (χ1n) is 7.96. The average molecular weight is 369 g/mol. The molecule has 0 aliphatic heterocycles. The highest BCUT2D eigenvalue weighted by Gasteiger charge is 2.12. The van der Waals surface area contributed by atoms with Gasteiger partial charge < -0.3 is 21.4 Å². The molecule has 2 heterocycles. The van der Waals surface area contributed by atoms with Gasteiger partial charge >= 0.3 is 0 Å². The number of rotatable bonds is 3. The van der Waals surface area contributed by atoms with Crippen molar-refractivity contribution >= 4 is 23.3 Å². The molecule has 0 fully saturated rings. The molecule has 138 valence electrons. The third-order valence-corrected chi connectivity index (χ3v) is 4.06. The van der Waals surface area contributed by atoms with E-state index in [1.807, 2.05) is 0 Å². The van der Waals surface area contributed by atoms with Crippen LogP contribution >= 0.6 is 0 Å². The van der Waals surface area contributed by atoms with Crippen molar-refractivity contribution in [2.45, 2.75) is 0 Å². The second kappa shape index (κ2) is 7.28. The van der Waals surface area contributed by atoms with Gasteiger partial charge in [0, 0.05) is 48.2 Å². The first kappa shape index (κ1) is 18.1. The van der Waals surface area contributed by atoms with Crippen LogP contribution in [-0.4, -0.2) is 9.55 Å². The van der Waals surface area contributed by atoms with Gasteiger partial charge in [0.25, 0.3) is 5.56 Å². The highest BCUT2D eigenvalue weighted by molar-refractivity contribution is 5.64. The van der Waals surface area contributed by atoms with Crippen molar-refractivity contribution in [3.63, 3.8) is 0 Å². The van der Waals surface area contributed by atoms with Crippen LogP contribution < -0.4 is 32.9 Å². The van der Waals surface area contributed by atoms with Crippen LogP contribution in [0.2, 0.25) is 0 Å². The van der Waals surface area contributed by atoms with Gasteiger partial charge in [0.1, 0.15) is 17.3 Å². The first-order chi connectivity index (χ1) is 12.9. The van der Waals surface area contributed by atoms with Crippen LogP contribution in [0.5, 0.6) is 0 Å². The predicted molar refractivity (Wildman–Crippen MR) is 100 cm³/mol. The van der Waals surface area contributed by atoms with E-state index in [2.05, 4.69) is 10.3 Å². The smallest absolute Gasteiger partial charge is 0.274 e. The third kappa shape index (κ3) is 3.50. The number of benzene rings is 1. The quantitative estimate of drug-likeness (QED) is 0.628. The molecule has 0 saturated heterocycles. The summed E-state index contributed by atoms with van der Waals surface area (Å²) >= 11 is 0. The zero-order valence-corrected chi connectivity index (χ0v) is 14.4. The highest BCUT2D eigenvalue weighted by atomic mass is 19.1. The molecule has 6 nitrogen and oxygen atoms in total. The molecule has 0 aliphatic rings. The molecule has 3 aromatic rings. The largest absolute Gasteiger partial charge is 0.404 e. The molecule has 8 heteroatoms. The molecule has 0 radical (unpaired) electrons. The lowest BCUT2D eigenvalue weighted by molar-refractivity contribution is 0.580. The van der Waals surface area contributed by atoms with Crippen LogP contribution in [0, 0.1) is 11.6 Å². The van der Waals surface area contributed by atoms with Gasteiger partial charge in [0.15, 0.2) is 0 Å². The summed E-state index contributed by atoms with van der Waals surface area (Å²) in [7, 11) is 1.50. The topological polar surface area (TPSA) is 99.0 Å².